The number of nitrogens with zero attached hydrogens (tertiary/aromatic N) is 2. The van der Waals surface area contributed by atoms with Crippen LogP contribution in [0.1, 0.15) is 0 Å². The molecule has 0 amide bonds. The van der Waals surface area contributed by atoms with E-state index in [1.807, 2.05) is 12.1 Å². The molecule has 2 rings (SSSR count). The van der Waals surface area contributed by atoms with Crippen LogP contribution in [0.5, 0.6) is 5.88 Å². The molecule has 0 aromatic carbocycles. The van der Waals surface area contributed by atoms with Crippen molar-refractivity contribution in [1.82, 2.24) is 9.97 Å². The topological polar surface area (TPSA) is 35.0 Å². The SMILES string of the molecule is COc1ncc2cccnc2c1Br. The molecule has 0 aliphatic heterocycles. The summed E-state index contributed by atoms with van der Waals surface area (Å²) in [6, 6.07) is 3.84. The number of fused-ring (bicyclic) bond motifs is 1. The molecule has 0 aliphatic carbocycles. The average Bonchev–Trinajstić information content (AvgIpc) is 2.19. The lowest BCUT2D eigenvalue weighted by Gasteiger charge is -2.03. The van der Waals surface area contributed by atoms with Gasteiger partial charge in [-0.2, -0.15) is 0 Å². The van der Waals surface area contributed by atoms with E-state index in [4.69, 9.17) is 4.74 Å². The summed E-state index contributed by atoms with van der Waals surface area (Å²) in [6.07, 6.45) is 3.48. The molecule has 0 spiro atoms. The minimum Gasteiger partial charge on any atom is -0.480 e. The van der Waals surface area contributed by atoms with Crippen molar-refractivity contribution in [2.75, 3.05) is 7.11 Å². The molecule has 0 radical (unpaired) electrons. The van der Waals surface area contributed by atoms with Crippen LogP contribution in [0.4, 0.5) is 0 Å². The molecule has 0 saturated carbocycles. The van der Waals surface area contributed by atoms with Crippen LogP contribution in [0.25, 0.3) is 10.9 Å². The van der Waals surface area contributed by atoms with Crippen molar-refractivity contribution in [3.63, 3.8) is 0 Å². The summed E-state index contributed by atoms with van der Waals surface area (Å²) in [5.41, 5.74) is 0.870. The molecule has 0 bridgehead atoms. The van der Waals surface area contributed by atoms with Crippen LogP contribution < -0.4 is 4.74 Å². The fourth-order valence-corrected chi connectivity index (χ4v) is 1.73. The second kappa shape index (κ2) is 3.30. The Morgan fingerprint density at radius 3 is 3.00 bits per heavy atom. The summed E-state index contributed by atoms with van der Waals surface area (Å²) >= 11 is 3.39. The van der Waals surface area contributed by atoms with E-state index in [0.29, 0.717) is 5.88 Å². The van der Waals surface area contributed by atoms with Gasteiger partial charge in [0.2, 0.25) is 5.88 Å². The van der Waals surface area contributed by atoms with Crippen LogP contribution in [0.3, 0.4) is 0 Å². The second-order valence-electron chi connectivity index (χ2n) is 2.52. The van der Waals surface area contributed by atoms with E-state index < -0.39 is 0 Å². The molecule has 66 valence electrons. The fraction of sp³-hybridized carbons (Fsp3) is 0.111. The van der Waals surface area contributed by atoms with E-state index in [9.17, 15) is 0 Å². The molecule has 0 saturated heterocycles. The largest absolute Gasteiger partial charge is 0.480 e. The number of hydrogen-bond donors (Lipinski definition) is 0. The first-order valence-electron chi connectivity index (χ1n) is 3.76. The summed E-state index contributed by atoms with van der Waals surface area (Å²) in [4.78, 5) is 8.34. The van der Waals surface area contributed by atoms with Gasteiger partial charge >= 0.3 is 0 Å². The number of halogens is 1. The molecule has 0 atom stereocenters. The van der Waals surface area contributed by atoms with Gasteiger partial charge in [-0.05, 0) is 28.1 Å². The Kier molecular flexibility index (Phi) is 2.14. The first-order valence-corrected chi connectivity index (χ1v) is 4.55. The molecule has 0 fully saturated rings. The summed E-state index contributed by atoms with van der Waals surface area (Å²) < 4.78 is 5.85. The highest BCUT2D eigenvalue weighted by atomic mass is 79.9. The Bertz CT molecular complexity index is 445. The summed E-state index contributed by atoms with van der Waals surface area (Å²) in [5.74, 6) is 0.561. The molecule has 0 N–H and O–H groups in total. The van der Waals surface area contributed by atoms with Gasteiger partial charge in [-0.25, -0.2) is 4.98 Å². The quantitative estimate of drug-likeness (QED) is 0.766. The Hall–Kier alpha value is -1.16. The highest BCUT2D eigenvalue weighted by Gasteiger charge is 2.06. The minimum atomic E-state index is 0.561. The van der Waals surface area contributed by atoms with Gasteiger partial charge in [-0.15, -0.1) is 0 Å². The Morgan fingerprint density at radius 1 is 1.38 bits per heavy atom. The van der Waals surface area contributed by atoms with Gasteiger partial charge in [0.25, 0.3) is 0 Å². The van der Waals surface area contributed by atoms with Crippen LogP contribution in [0, 0.1) is 0 Å². The third kappa shape index (κ3) is 1.37. The summed E-state index contributed by atoms with van der Waals surface area (Å²) in [5, 5.41) is 0.996. The zero-order valence-corrected chi connectivity index (χ0v) is 8.58. The van der Waals surface area contributed by atoms with Gasteiger partial charge in [0, 0.05) is 17.8 Å². The lowest BCUT2D eigenvalue weighted by Crippen LogP contribution is -1.90. The normalized spacial score (nSPS) is 10.3. The number of rotatable bonds is 1. The Balaban J connectivity index is 2.79. The zero-order valence-electron chi connectivity index (χ0n) is 6.99. The van der Waals surface area contributed by atoms with E-state index in [1.165, 1.54) is 0 Å². The molecule has 3 nitrogen and oxygen atoms in total. The number of methoxy groups -OCH3 is 1. The number of aromatic nitrogens is 2. The van der Waals surface area contributed by atoms with Crippen LogP contribution in [0.2, 0.25) is 0 Å². The molecule has 0 unspecified atom stereocenters. The fourth-order valence-electron chi connectivity index (χ4n) is 1.13. The van der Waals surface area contributed by atoms with Crippen molar-refractivity contribution in [2.24, 2.45) is 0 Å². The van der Waals surface area contributed by atoms with Crippen molar-refractivity contribution in [1.29, 1.82) is 0 Å². The lowest BCUT2D eigenvalue weighted by atomic mass is 10.3. The maximum absolute atomic E-state index is 5.06. The first kappa shape index (κ1) is 8.44. The predicted octanol–water partition coefficient (Wildman–Crippen LogP) is 2.40. The monoisotopic (exact) mass is 238 g/mol. The lowest BCUT2D eigenvalue weighted by molar-refractivity contribution is 0.396. The van der Waals surface area contributed by atoms with Crippen LogP contribution >= 0.6 is 15.9 Å². The number of ether oxygens (including phenoxy) is 1. The molecular weight excluding hydrogens is 232 g/mol. The highest BCUT2D eigenvalue weighted by molar-refractivity contribution is 9.10. The Labute approximate surface area is 83.9 Å². The molecular formula is C9H7BrN2O. The zero-order chi connectivity index (χ0) is 9.26. The molecule has 13 heavy (non-hydrogen) atoms. The van der Waals surface area contributed by atoms with Crippen molar-refractivity contribution in [2.45, 2.75) is 0 Å². The summed E-state index contributed by atoms with van der Waals surface area (Å²) in [7, 11) is 1.59. The van der Waals surface area contributed by atoms with Gasteiger partial charge in [-0.3, -0.25) is 4.98 Å². The minimum absolute atomic E-state index is 0.561. The molecule has 4 heteroatoms. The van der Waals surface area contributed by atoms with Gasteiger partial charge in [0.05, 0.1) is 12.6 Å². The van der Waals surface area contributed by atoms with Crippen molar-refractivity contribution in [3.05, 3.63) is 29.0 Å². The van der Waals surface area contributed by atoms with Gasteiger partial charge in [0.15, 0.2) is 0 Å². The highest BCUT2D eigenvalue weighted by Crippen LogP contribution is 2.28. The van der Waals surface area contributed by atoms with Crippen LogP contribution in [0.15, 0.2) is 29.0 Å². The second-order valence-corrected chi connectivity index (χ2v) is 3.32. The van der Waals surface area contributed by atoms with E-state index in [1.54, 1.807) is 19.5 Å². The number of hydrogen-bond acceptors (Lipinski definition) is 3. The number of pyridine rings is 2. The van der Waals surface area contributed by atoms with Gasteiger partial charge in [0.1, 0.15) is 4.47 Å². The van der Waals surface area contributed by atoms with E-state index in [2.05, 4.69) is 25.9 Å². The Morgan fingerprint density at radius 2 is 2.23 bits per heavy atom. The van der Waals surface area contributed by atoms with Gasteiger partial charge < -0.3 is 4.74 Å². The molecule has 2 heterocycles. The van der Waals surface area contributed by atoms with Crippen molar-refractivity contribution >= 4 is 26.8 Å². The van der Waals surface area contributed by atoms with E-state index in [0.717, 1.165) is 15.4 Å². The third-order valence-corrected chi connectivity index (χ3v) is 2.46. The average molecular weight is 239 g/mol. The molecule has 2 aromatic rings. The molecule has 0 aliphatic rings. The van der Waals surface area contributed by atoms with Crippen LogP contribution in [-0.2, 0) is 0 Å². The van der Waals surface area contributed by atoms with E-state index in [-0.39, 0.29) is 0 Å². The van der Waals surface area contributed by atoms with Crippen molar-refractivity contribution in [3.8, 4) is 5.88 Å². The third-order valence-electron chi connectivity index (χ3n) is 1.75. The van der Waals surface area contributed by atoms with Gasteiger partial charge in [-0.1, -0.05) is 0 Å². The predicted molar refractivity (Wildman–Crippen MR) is 53.8 cm³/mol. The maximum Gasteiger partial charge on any atom is 0.229 e. The smallest absolute Gasteiger partial charge is 0.229 e. The molecule has 2 aromatic heterocycles. The van der Waals surface area contributed by atoms with Crippen LogP contribution in [-0.4, -0.2) is 17.1 Å². The maximum atomic E-state index is 5.06. The van der Waals surface area contributed by atoms with Crippen molar-refractivity contribution < 1.29 is 4.74 Å². The summed E-state index contributed by atoms with van der Waals surface area (Å²) in [6.45, 7) is 0. The van der Waals surface area contributed by atoms with E-state index >= 15 is 0 Å². The first-order chi connectivity index (χ1) is 6.33. The standard InChI is InChI=1S/C9H7BrN2O/c1-13-9-7(10)8-6(5-12-9)3-2-4-11-8/h2-5H,1H3.